The Hall–Kier alpha value is -5.04. The van der Waals surface area contributed by atoms with Crippen LogP contribution in [0.4, 0.5) is 70.2 Å². The van der Waals surface area contributed by atoms with Gasteiger partial charge >= 0.3 is 0 Å². The Morgan fingerprint density at radius 1 is 0.279 bits per heavy atom. The number of benzene rings is 4. The first kappa shape index (κ1) is 50.3. The number of phenolic OH excluding ortho intramolecular Hbond substituents is 2. The van der Waals surface area contributed by atoms with Crippen molar-refractivity contribution in [3.8, 4) is 45.3 Å². The third-order valence-electron chi connectivity index (χ3n) is 9.17. The summed E-state index contributed by atoms with van der Waals surface area (Å²) in [6.45, 7) is 3.49. The van der Waals surface area contributed by atoms with Gasteiger partial charge in [-0.15, -0.1) is 0 Å². The molecule has 0 radical (unpaired) electrons. The molecule has 0 spiro atoms. The molecule has 0 atom stereocenters. The maximum Gasteiger partial charge on any atom is 0.204 e. The van der Waals surface area contributed by atoms with Crippen LogP contribution >= 0.6 is 0 Å². The monoisotopic (exact) mass is 898 g/mol. The lowest BCUT2D eigenvalue weighted by Crippen LogP contribution is -2.10. The summed E-state index contributed by atoms with van der Waals surface area (Å²) in [4.78, 5) is 0. The van der Waals surface area contributed by atoms with E-state index < -0.39 is 138 Å². The SMILES string of the molecule is CCCCCCCCCOc1c(F)c(F)c(-c2c(F)c(F)c(O)c(F)c2F)c(F)c1F.CCCCCCCCOc1c(F)c(F)c(-c2c(F)c(F)c(O)c(F)c2F)c(F)c1F. The van der Waals surface area contributed by atoms with Crippen molar-refractivity contribution < 1.29 is 89.9 Å². The molecule has 20 heteroatoms. The molecule has 0 fully saturated rings. The third-order valence-corrected chi connectivity index (χ3v) is 9.17. The van der Waals surface area contributed by atoms with Gasteiger partial charge in [0.25, 0.3) is 0 Å². The number of rotatable bonds is 19. The largest absolute Gasteiger partial charge is 0.503 e. The molecule has 0 aromatic heterocycles. The van der Waals surface area contributed by atoms with Gasteiger partial charge in [0.1, 0.15) is 0 Å². The first-order chi connectivity index (χ1) is 28.8. The number of aromatic hydroxyl groups is 2. The molecule has 0 saturated carbocycles. The summed E-state index contributed by atoms with van der Waals surface area (Å²) >= 11 is 0. The normalized spacial score (nSPS) is 11.2. The van der Waals surface area contributed by atoms with Gasteiger partial charge in [-0.05, 0) is 12.8 Å². The van der Waals surface area contributed by atoms with E-state index in [9.17, 15) is 70.2 Å². The molecule has 0 saturated heterocycles. The number of ether oxygens (including phenoxy) is 2. The van der Waals surface area contributed by atoms with Crippen LogP contribution in [0, 0.1) is 93.1 Å². The Morgan fingerprint density at radius 2 is 0.475 bits per heavy atom. The summed E-state index contributed by atoms with van der Waals surface area (Å²) in [6.07, 6.45) is 10.6. The smallest absolute Gasteiger partial charge is 0.204 e. The van der Waals surface area contributed by atoms with Crippen LogP contribution in [0.5, 0.6) is 23.0 Å². The van der Waals surface area contributed by atoms with Crippen LogP contribution in [0.15, 0.2) is 0 Å². The van der Waals surface area contributed by atoms with Gasteiger partial charge in [0.2, 0.25) is 46.5 Å². The van der Waals surface area contributed by atoms with E-state index in [0.29, 0.717) is 25.7 Å². The molecule has 4 aromatic carbocycles. The Balaban J connectivity index is 0.000000325. The number of hydrogen-bond donors (Lipinski definition) is 2. The molecule has 61 heavy (non-hydrogen) atoms. The van der Waals surface area contributed by atoms with Crippen molar-refractivity contribution >= 4 is 0 Å². The van der Waals surface area contributed by atoms with Crippen LogP contribution in [-0.2, 0) is 0 Å². The van der Waals surface area contributed by atoms with Crippen molar-refractivity contribution in [2.24, 2.45) is 0 Å². The zero-order valence-electron chi connectivity index (χ0n) is 32.4. The number of halogens is 16. The van der Waals surface area contributed by atoms with E-state index in [4.69, 9.17) is 19.7 Å². The minimum atomic E-state index is -2.43. The Labute approximate surface area is 338 Å². The molecule has 0 bridgehead atoms. The van der Waals surface area contributed by atoms with Crippen molar-refractivity contribution in [3.63, 3.8) is 0 Å². The molecule has 0 aliphatic carbocycles. The molecule has 0 amide bonds. The molecule has 0 aliphatic heterocycles. The first-order valence-electron chi connectivity index (χ1n) is 18.9. The van der Waals surface area contributed by atoms with Gasteiger partial charge in [0.05, 0.1) is 35.5 Å². The molecule has 0 unspecified atom stereocenters. The van der Waals surface area contributed by atoms with E-state index in [1.807, 2.05) is 6.92 Å². The van der Waals surface area contributed by atoms with Crippen LogP contribution < -0.4 is 9.47 Å². The van der Waals surface area contributed by atoms with Gasteiger partial charge in [-0.25, -0.2) is 35.1 Å². The summed E-state index contributed by atoms with van der Waals surface area (Å²) in [5, 5.41) is 17.9. The maximum atomic E-state index is 14.4. The number of hydrogen-bond acceptors (Lipinski definition) is 4. The van der Waals surface area contributed by atoms with Crippen LogP contribution in [0.25, 0.3) is 22.3 Å². The fourth-order valence-electron chi connectivity index (χ4n) is 5.88. The fraction of sp³-hybridized carbons (Fsp3) is 0.415. The second-order valence-electron chi connectivity index (χ2n) is 13.5. The summed E-state index contributed by atoms with van der Waals surface area (Å²) < 4.78 is 234. The maximum absolute atomic E-state index is 14.4. The molecular formula is C41H38F16O4. The zero-order chi connectivity index (χ0) is 45.9. The minimum Gasteiger partial charge on any atom is -0.503 e. The second kappa shape index (κ2) is 22.7. The van der Waals surface area contributed by atoms with Gasteiger partial charge in [-0.1, -0.05) is 84.5 Å². The Bertz CT molecular complexity index is 2060. The standard InChI is InChI=1S/C21H20F8O2.C20H18F8O2/c1-2-3-4-5-6-7-8-9-31-21-18(28)14(24)11(15(25)19(21)29)10-12(22)16(26)20(30)17(27)13(10)23;1-2-3-4-5-6-7-8-30-20-17(27)13(23)10(14(24)18(20)28)9-11(21)15(25)19(29)16(26)12(9)22/h30H,2-9H2,1H3;29H,2-8H2,1H3. The highest BCUT2D eigenvalue weighted by molar-refractivity contribution is 5.70. The molecule has 4 rings (SSSR count). The lowest BCUT2D eigenvalue weighted by Gasteiger charge is -2.15. The van der Waals surface area contributed by atoms with Gasteiger partial charge in [0, 0.05) is 0 Å². The van der Waals surface area contributed by atoms with Crippen molar-refractivity contribution in [2.45, 2.75) is 97.3 Å². The first-order valence-corrected chi connectivity index (χ1v) is 18.9. The van der Waals surface area contributed by atoms with Crippen molar-refractivity contribution in [1.29, 1.82) is 0 Å². The Kier molecular flexibility index (Phi) is 18.7. The van der Waals surface area contributed by atoms with Crippen LogP contribution in [0.2, 0.25) is 0 Å². The summed E-state index contributed by atoms with van der Waals surface area (Å²) in [7, 11) is 0. The van der Waals surface area contributed by atoms with Crippen molar-refractivity contribution in [3.05, 3.63) is 93.1 Å². The third kappa shape index (κ3) is 11.1. The van der Waals surface area contributed by atoms with Gasteiger partial charge < -0.3 is 19.7 Å². The summed E-state index contributed by atoms with van der Waals surface area (Å²) in [5.74, 6) is -44.0. The summed E-state index contributed by atoms with van der Waals surface area (Å²) in [5.41, 5.74) is -8.10. The number of unbranched alkanes of at least 4 members (excludes halogenated alkanes) is 11. The lowest BCUT2D eigenvalue weighted by atomic mass is 10.0. The van der Waals surface area contributed by atoms with Crippen LogP contribution in [-0.4, -0.2) is 23.4 Å². The zero-order valence-corrected chi connectivity index (χ0v) is 32.4. The van der Waals surface area contributed by atoms with Gasteiger partial charge in [-0.2, -0.15) is 35.1 Å². The highest BCUT2D eigenvalue weighted by atomic mass is 19.2. The van der Waals surface area contributed by atoms with Crippen LogP contribution in [0.1, 0.15) is 97.3 Å². The lowest BCUT2D eigenvalue weighted by molar-refractivity contribution is 0.263. The van der Waals surface area contributed by atoms with Gasteiger partial charge in [0.15, 0.2) is 69.5 Å². The average Bonchev–Trinajstić information content (AvgIpc) is 3.24. The average molecular weight is 899 g/mol. The highest BCUT2D eigenvalue weighted by Gasteiger charge is 2.36. The number of phenols is 2. The topological polar surface area (TPSA) is 58.9 Å². The minimum absolute atomic E-state index is 0.287. The van der Waals surface area contributed by atoms with Gasteiger partial charge in [-0.3, -0.25) is 0 Å². The van der Waals surface area contributed by atoms with Crippen molar-refractivity contribution in [1.82, 2.24) is 0 Å². The molecule has 338 valence electrons. The van der Waals surface area contributed by atoms with E-state index in [1.54, 1.807) is 0 Å². The molecule has 4 aromatic rings. The van der Waals surface area contributed by atoms with Crippen molar-refractivity contribution in [2.75, 3.05) is 13.2 Å². The molecule has 4 nitrogen and oxygen atoms in total. The predicted octanol–water partition coefficient (Wildman–Crippen LogP) is 14.2. The molecular weight excluding hydrogens is 860 g/mol. The molecule has 0 heterocycles. The van der Waals surface area contributed by atoms with E-state index >= 15 is 0 Å². The molecule has 2 N–H and O–H groups in total. The van der Waals surface area contributed by atoms with E-state index in [1.165, 1.54) is 0 Å². The quantitative estimate of drug-likeness (QED) is 0.0559. The van der Waals surface area contributed by atoms with E-state index in [-0.39, 0.29) is 13.2 Å². The van der Waals surface area contributed by atoms with Crippen LogP contribution in [0.3, 0.4) is 0 Å². The second-order valence-corrected chi connectivity index (χ2v) is 13.5. The highest BCUT2D eigenvalue weighted by Crippen LogP contribution is 2.43. The fourth-order valence-corrected chi connectivity index (χ4v) is 5.88. The predicted molar refractivity (Wildman–Crippen MR) is 189 cm³/mol. The summed E-state index contributed by atoms with van der Waals surface area (Å²) in [6, 6.07) is 0. The Morgan fingerprint density at radius 3 is 0.705 bits per heavy atom. The van der Waals surface area contributed by atoms with E-state index in [0.717, 1.165) is 57.8 Å². The molecule has 0 aliphatic rings. The van der Waals surface area contributed by atoms with E-state index in [2.05, 4.69) is 6.92 Å².